The monoisotopic (exact) mass is 641 g/mol. The summed E-state index contributed by atoms with van der Waals surface area (Å²) in [4.78, 5) is 59.9. The van der Waals surface area contributed by atoms with Gasteiger partial charge in [0.1, 0.15) is 37.1 Å². The van der Waals surface area contributed by atoms with Crippen molar-refractivity contribution >= 4 is 29.8 Å². The summed E-state index contributed by atoms with van der Waals surface area (Å²) in [5.74, 6) is -3.81. The number of nitrogens with one attached hydrogen (secondary N) is 1. The third kappa shape index (κ3) is 10.4. The molecule has 10 atom stereocenters. The molecule has 250 valence electrons. The van der Waals surface area contributed by atoms with Crippen molar-refractivity contribution in [1.82, 2.24) is 5.32 Å². The number of benzene rings is 1. The van der Waals surface area contributed by atoms with E-state index in [4.69, 9.17) is 37.9 Å². The van der Waals surface area contributed by atoms with E-state index in [1.54, 1.807) is 0 Å². The topological polar surface area (TPSA) is 212 Å². The minimum atomic E-state index is -1.68. The summed E-state index contributed by atoms with van der Waals surface area (Å²) in [6.45, 7) is 4.92. The summed E-state index contributed by atoms with van der Waals surface area (Å²) >= 11 is 0. The van der Waals surface area contributed by atoms with Gasteiger partial charge in [0.15, 0.2) is 30.9 Å². The second-order valence-electron chi connectivity index (χ2n) is 10.5. The zero-order valence-corrected chi connectivity index (χ0v) is 25.5. The number of ether oxygens (including phenoxy) is 8. The van der Waals surface area contributed by atoms with Crippen LogP contribution in [0.15, 0.2) is 30.3 Å². The van der Waals surface area contributed by atoms with E-state index in [-0.39, 0.29) is 13.2 Å². The van der Waals surface area contributed by atoms with E-state index in [1.807, 2.05) is 30.3 Å². The number of aliphatic hydroxyl groups excluding tert-OH is 2. The van der Waals surface area contributed by atoms with E-state index >= 15 is 0 Å². The van der Waals surface area contributed by atoms with E-state index in [2.05, 4.69) is 5.32 Å². The second kappa shape index (κ2) is 16.6. The van der Waals surface area contributed by atoms with Gasteiger partial charge in [0, 0.05) is 34.6 Å². The van der Waals surface area contributed by atoms with Crippen molar-refractivity contribution in [3.8, 4) is 0 Å². The Kier molecular flexibility index (Phi) is 13.2. The minimum absolute atomic E-state index is 0.133. The Morgan fingerprint density at radius 1 is 0.733 bits per heavy atom. The fourth-order valence-electron chi connectivity index (χ4n) is 4.95. The van der Waals surface area contributed by atoms with Crippen LogP contribution in [0, 0.1) is 0 Å². The highest BCUT2D eigenvalue weighted by atomic mass is 16.7. The van der Waals surface area contributed by atoms with Crippen LogP contribution < -0.4 is 5.32 Å². The number of hydrogen-bond acceptors (Lipinski definition) is 15. The average molecular weight is 642 g/mol. The lowest BCUT2D eigenvalue weighted by Crippen LogP contribution is -2.68. The van der Waals surface area contributed by atoms with Gasteiger partial charge in [0.05, 0.1) is 13.2 Å². The predicted octanol–water partition coefficient (Wildman–Crippen LogP) is -0.746. The van der Waals surface area contributed by atoms with Crippen molar-refractivity contribution in [1.29, 1.82) is 0 Å². The highest BCUT2D eigenvalue weighted by Gasteiger charge is 2.55. The predicted molar refractivity (Wildman–Crippen MR) is 147 cm³/mol. The first-order valence-corrected chi connectivity index (χ1v) is 14.1. The molecule has 0 spiro atoms. The number of carbonyl (C=O) groups excluding carboxylic acids is 5. The van der Waals surface area contributed by atoms with Crippen molar-refractivity contribution in [2.45, 2.75) is 103 Å². The van der Waals surface area contributed by atoms with Gasteiger partial charge in [-0.15, -0.1) is 0 Å². The van der Waals surface area contributed by atoms with Crippen molar-refractivity contribution in [3.05, 3.63) is 35.9 Å². The highest BCUT2D eigenvalue weighted by Crippen LogP contribution is 2.33. The highest BCUT2D eigenvalue weighted by molar-refractivity contribution is 5.73. The number of esters is 4. The van der Waals surface area contributed by atoms with Crippen molar-refractivity contribution in [3.63, 3.8) is 0 Å². The number of carbonyl (C=O) groups is 5. The number of hydrogen-bond donors (Lipinski definition) is 3. The van der Waals surface area contributed by atoms with E-state index in [9.17, 15) is 34.2 Å². The lowest BCUT2D eigenvalue weighted by atomic mass is 9.95. The van der Waals surface area contributed by atoms with E-state index in [0.717, 1.165) is 33.3 Å². The molecule has 2 saturated heterocycles. The molecule has 1 aromatic rings. The summed E-state index contributed by atoms with van der Waals surface area (Å²) < 4.78 is 44.9. The van der Waals surface area contributed by atoms with Crippen LogP contribution in [0.3, 0.4) is 0 Å². The Bertz CT molecular complexity index is 1180. The zero-order valence-electron chi connectivity index (χ0n) is 25.5. The Morgan fingerprint density at radius 3 is 1.89 bits per heavy atom. The third-order valence-electron chi connectivity index (χ3n) is 6.70. The van der Waals surface area contributed by atoms with Gasteiger partial charge in [-0.1, -0.05) is 30.3 Å². The van der Waals surface area contributed by atoms with E-state index in [0.29, 0.717) is 0 Å². The molecule has 45 heavy (non-hydrogen) atoms. The quantitative estimate of drug-likeness (QED) is 0.189. The smallest absolute Gasteiger partial charge is 0.303 e. The number of amides is 1. The van der Waals surface area contributed by atoms with Gasteiger partial charge in [0.25, 0.3) is 0 Å². The molecular formula is C29H39NO15. The molecule has 0 unspecified atom stereocenters. The SMILES string of the molecule is CC(=O)N[C@H]1[C@H](O)[C@@H](O[C@@H]2O[C@H](COC(C)=O)[C@H](OC(C)=O)[C@H](OC(C)=O)[C@H]2OC(C)=O)[C@H](COCc2ccccc2)O[C@H]1O. The normalized spacial score (nSPS) is 31.3. The molecule has 16 nitrogen and oxygen atoms in total. The Balaban J connectivity index is 1.98. The van der Waals surface area contributed by atoms with Crippen LogP contribution in [0.5, 0.6) is 0 Å². The number of rotatable bonds is 12. The summed E-state index contributed by atoms with van der Waals surface area (Å²) in [5.41, 5.74) is 0.822. The van der Waals surface area contributed by atoms with Crippen LogP contribution in [0.25, 0.3) is 0 Å². The molecule has 0 bridgehead atoms. The minimum Gasteiger partial charge on any atom is -0.463 e. The van der Waals surface area contributed by atoms with Gasteiger partial charge in [0.2, 0.25) is 5.91 Å². The summed E-state index contributed by atoms with van der Waals surface area (Å²) in [6.07, 6.45) is -13.5. The summed E-state index contributed by atoms with van der Waals surface area (Å²) in [6, 6.07) is 7.74. The average Bonchev–Trinajstić information content (AvgIpc) is 2.94. The van der Waals surface area contributed by atoms with Gasteiger partial charge in [-0.3, -0.25) is 24.0 Å². The summed E-state index contributed by atoms with van der Waals surface area (Å²) in [5, 5.41) is 24.4. The lowest BCUT2D eigenvalue weighted by Gasteiger charge is -2.48. The van der Waals surface area contributed by atoms with Gasteiger partial charge in [-0.05, 0) is 5.56 Å². The van der Waals surface area contributed by atoms with Crippen LogP contribution in [0.4, 0.5) is 0 Å². The lowest BCUT2D eigenvalue weighted by molar-refractivity contribution is -0.347. The van der Waals surface area contributed by atoms with Crippen molar-refractivity contribution in [2.24, 2.45) is 0 Å². The van der Waals surface area contributed by atoms with Crippen LogP contribution in [-0.2, 0) is 68.5 Å². The molecule has 0 saturated carbocycles. The first kappa shape index (κ1) is 35.8. The zero-order chi connectivity index (χ0) is 33.3. The molecule has 0 radical (unpaired) electrons. The van der Waals surface area contributed by atoms with Crippen molar-refractivity contribution in [2.75, 3.05) is 13.2 Å². The molecule has 0 aromatic heterocycles. The molecule has 0 aliphatic carbocycles. The Labute approximate surface area is 259 Å². The maximum atomic E-state index is 12.2. The van der Waals surface area contributed by atoms with E-state index < -0.39 is 97.7 Å². The summed E-state index contributed by atoms with van der Waals surface area (Å²) in [7, 11) is 0. The molecule has 3 rings (SSSR count). The maximum absolute atomic E-state index is 12.2. The molecule has 2 aliphatic heterocycles. The first-order valence-electron chi connectivity index (χ1n) is 14.1. The Hall–Kier alpha value is -3.67. The van der Waals surface area contributed by atoms with Gasteiger partial charge in [-0.25, -0.2) is 0 Å². The van der Waals surface area contributed by atoms with Gasteiger partial charge >= 0.3 is 23.9 Å². The standard InChI is InChI=1S/C29H39NO15/c1-14(31)30-22-23(36)24(20(43-28(22)37)12-38-11-19-9-7-6-8-10-19)45-29-27(42-18(5)35)26(41-17(4)34)25(40-16(3)33)21(44-29)13-39-15(2)32/h6-10,20-29,36-37H,11-13H2,1-5H3,(H,30,31)/t20-,21+,22-,23-,24-,25-,26-,27+,28+,29-/m0/s1. The van der Waals surface area contributed by atoms with Crippen LogP contribution in [0.1, 0.15) is 40.2 Å². The van der Waals surface area contributed by atoms with Crippen LogP contribution >= 0.6 is 0 Å². The van der Waals surface area contributed by atoms with E-state index in [1.165, 1.54) is 6.92 Å². The number of aliphatic hydroxyl groups is 2. The third-order valence-corrected chi connectivity index (χ3v) is 6.70. The first-order chi connectivity index (χ1) is 21.3. The Morgan fingerprint density at radius 2 is 1.31 bits per heavy atom. The molecule has 2 heterocycles. The van der Waals surface area contributed by atoms with Crippen LogP contribution in [-0.4, -0.2) is 115 Å². The molecular weight excluding hydrogens is 602 g/mol. The molecule has 1 aromatic carbocycles. The molecule has 16 heteroatoms. The molecule has 1 amide bonds. The van der Waals surface area contributed by atoms with Gasteiger partial charge in [-0.2, -0.15) is 0 Å². The second-order valence-corrected chi connectivity index (χ2v) is 10.5. The maximum Gasteiger partial charge on any atom is 0.303 e. The van der Waals surface area contributed by atoms with Crippen molar-refractivity contribution < 1.29 is 72.1 Å². The van der Waals surface area contributed by atoms with Gasteiger partial charge < -0.3 is 53.4 Å². The largest absolute Gasteiger partial charge is 0.463 e. The fourth-order valence-corrected chi connectivity index (χ4v) is 4.95. The molecule has 2 fully saturated rings. The molecule has 3 N–H and O–H groups in total. The molecule has 2 aliphatic rings. The fraction of sp³-hybridized carbons (Fsp3) is 0.621. The van der Waals surface area contributed by atoms with Crippen LogP contribution in [0.2, 0.25) is 0 Å².